The van der Waals surface area contributed by atoms with Gasteiger partial charge in [0, 0.05) is 38.1 Å². The van der Waals surface area contributed by atoms with Gasteiger partial charge in [-0.05, 0) is 25.3 Å². The Balaban J connectivity index is 0.675. The van der Waals surface area contributed by atoms with Crippen LogP contribution in [0.1, 0.15) is 70.0 Å². The van der Waals surface area contributed by atoms with E-state index in [0.29, 0.717) is 162 Å². The van der Waals surface area contributed by atoms with Crippen LogP contribution in [0.5, 0.6) is 0 Å². The van der Waals surface area contributed by atoms with Gasteiger partial charge in [-0.2, -0.15) is 0 Å². The fourth-order valence-electron chi connectivity index (χ4n) is 13.2. The number of azide groups is 1. The Labute approximate surface area is 658 Å². The second kappa shape index (κ2) is 48.8. The minimum Gasteiger partial charge on any atom is -0.390 e. The summed E-state index contributed by atoms with van der Waals surface area (Å²) in [5.74, 6) is -1.08. The number of carbonyl (C=O) groups is 3. The molecule has 6 aliphatic rings. The van der Waals surface area contributed by atoms with Crippen LogP contribution in [0.4, 0.5) is 0 Å². The molecule has 0 unspecified atom stereocenters. The van der Waals surface area contributed by atoms with E-state index in [9.17, 15) is 45.0 Å². The SMILES string of the molecule is CC(=O)N[C@H]1[C@H]2OC[C@](COCCOCCOCCOCCn3cc(COCC(COCc4cn(CCOCCOCCOCCOC[C@@]56CO[C@@H](O5)[C@H](NC(C)=O)[C@@H](O)[C@H]6O)nn4)(COCc4cn(CCOCCOCCOCCO[C@H](C)[C@]56CO[C@H](C[C@@H](O)[C@H]5O)O6)nn4)NC(=O)CCCCCN=[N+]=[N-])nn3)(O2)[C@H](O)[C@@H]1O. The highest BCUT2D eigenvalue weighted by molar-refractivity contribution is 5.77. The number of fused-ring (bicyclic) bond motifs is 6. The number of nitrogens with one attached hydrogen (secondary N) is 3. The van der Waals surface area contributed by atoms with Crippen molar-refractivity contribution in [3.63, 3.8) is 0 Å². The van der Waals surface area contributed by atoms with E-state index in [4.69, 9.17) is 105 Å². The van der Waals surface area contributed by atoms with Gasteiger partial charge in [0.15, 0.2) is 18.9 Å². The lowest BCUT2D eigenvalue weighted by molar-refractivity contribution is -0.244. The van der Waals surface area contributed by atoms with Crippen LogP contribution in [0, 0.1) is 0 Å². The molecule has 6 aliphatic heterocycles. The van der Waals surface area contributed by atoms with Crippen molar-refractivity contribution >= 4 is 17.7 Å². The molecule has 114 heavy (non-hydrogen) atoms. The molecule has 15 atom stereocenters. The molecular weight excluding hydrogens is 1520 g/mol. The molecule has 0 aliphatic carbocycles. The van der Waals surface area contributed by atoms with Crippen molar-refractivity contribution in [1.82, 2.24) is 60.9 Å². The zero-order chi connectivity index (χ0) is 80.9. The Morgan fingerprint density at radius 2 is 0.921 bits per heavy atom. The largest absolute Gasteiger partial charge is 0.390 e. The van der Waals surface area contributed by atoms with E-state index in [2.05, 4.69) is 56.9 Å². The minimum atomic E-state index is -1.34. The molecule has 9 N–H and O–H groups in total. The third kappa shape index (κ3) is 29.0. The first-order chi connectivity index (χ1) is 55.3. The molecule has 45 nitrogen and oxygen atoms in total. The maximum absolute atomic E-state index is 13.9. The summed E-state index contributed by atoms with van der Waals surface area (Å²) in [5.41, 5.74) is 5.32. The number of ether oxygens (including phenoxy) is 21. The summed E-state index contributed by atoms with van der Waals surface area (Å²) in [7, 11) is 0. The van der Waals surface area contributed by atoms with Gasteiger partial charge in [-0.1, -0.05) is 27.2 Å². The third-order valence-electron chi connectivity index (χ3n) is 19.2. The third-order valence-corrected chi connectivity index (χ3v) is 19.2. The van der Waals surface area contributed by atoms with Crippen molar-refractivity contribution < 1.29 is 144 Å². The highest BCUT2D eigenvalue weighted by atomic mass is 16.8. The summed E-state index contributed by atoms with van der Waals surface area (Å²) in [6, 6.07) is -1.81. The first kappa shape index (κ1) is 92.0. The van der Waals surface area contributed by atoms with Gasteiger partial charge < -0.3 is 146 Å². The zero-order valence-corrected chi connectivity index (χ0v) is 65.0. The van der Waals surface area contributed by atoms with Crippen molar-refractivity contribution in [2.45, 2.75) is 188 Å². The van der Waals surface area contributed by atoms with E-state index in [0.717, 1.165) is 0 Å². The summed E-state index contributed by atoms with van der Waals surface area (Å²) in [6.45, 7) is 11.5. The van der Waals surface area contributed by atoms with E-state index in [-0.39, 0.29) is 143 Å². The van der Waals surface area contributed by atoms with Crippen LogP contribution < -0.4 is 16.0 Å². The maximum Gasteiger partial charge on any atom is 0.220 e. The van der Waals surface area contributed by atoms with E-state index in [1.54, 1.807) is 39.6 Å². The summed E-state index contributed by atoms with van der Waals surface area (Å²) < 4.78 is 127. The van der Waals surface area contributed by atoms with Gasteiger partial charge in [0.2, 0.25) is 17.7 Å². The van der Waals surface area contributed by atoms with Crippen molar-refractivity contribution in [2.75, 3.05) is 198 Å². The molecule has 646 valence electrons. The van der Waals surface area contributed by atoms with Gasteiger partial charge in [-0.25, -0.2) is 14.0 Å². The second-order valence-electron chi connectivity index (χ2n) is 28.2. The lowest BCUT2D eigenvalue weighted by Gasteiger charge is -2.42. The minimum absolute atomic E-state index is 0.000500. The molecule has 6 saturated heterocycles. The Kier molecular flexibility index (Phi) is 39.4. The van der Waals surface area contributed by atoms with Gasteiger partial charge >= 0.3 is 0 Å². The highest BCUT2D eigenvalue weighted by Gasteiger charge is 2.62. The fourth-order valence-corrected chi connectivity index (χ4v) is 13.2. The number of aliphatic hydroxyl groups excluding tert-OH is 6. The van der Waals surface area contributed by atoms with Gasteiger partial charge in [-0.3, -0.25) is 14.4 Å². The Hall–Kier alpha value is -5.94. The quantitative estimate of drug-likeness (QED) is 0.0112. The zero-order valence-electron chi connectivity index (χ0n) is 65.0. The normalized spacial score (nSPS) is 27.0. The number of unbranched alkanes of at least 4 members (excludes halogenated alkanes) is 2. The predicted molar refractivity (Wildman–Crippen MR) is 383 cm³/mol. The summed E-state index contributed by atoms with van der Waals surface area (Å²) in [6.07, 6.45) is -3.00. The molecule has 0 aromatic carbocycles. The van der Waals surface area contributed by atoms with Crippen molar-refractivity contribution in [3.05, 3.63) is 46.1 Å². The molecule has 0 spiro atoms. The number of carbonyl (C=O) groups excluding carboxylic acids is 3. The number of nitrogens with zero attached hydrogens (tertiary/aromatic N) is 12. The van der Waals surface area contributed by atoms with Gasteiger partial charge in [0.1, 0.15) is 82.0 Å². The topological polar surface area (TPSA) is 543 Å². The molecular formula is C69H115N15O30. The van der Waals surface area contributed by atoms with E-state index < -0.39 is 96.0 Å². The lowest BCUT2D eigenvalue weighted by Crippen LogP contribution is -2.66. The van der Waals surface area contributed by atoms with E-state index >= 15 is 0 Å². The summed E-state index contributed by atoms with van der Waals surface area (Å²) >= 11 is 0. The van der Waals surface area contributed by atoms with E-state index in [1.807, 2.05) is 0 Å². The first-order valence-corrected chi connectivity index (χ1v) is 38.5. The molecule has 9 rings (SSSR count). The number of rotatable bonds is 63. The highest BCUT2D eigenvalue weighted by Crippen LogP contribution is 2.41. The smallest absolute Gasteiger partial charge is 0.220 e. The molecule has 3 aromatic rings. The van der Waals surface area contributed by atoms with Gasteiger partial charge in [-0.15, -0.1) is 15.3 Å². The van der Waals surface area contributed by atoms with Crippen LogP contribution in [0.2, 0.25) is 0 Å². The summed E-state index contributed by atoms with van der Waals surface area (Å²) in [5, 5.41) is 101. The van der Waals surface area contributed by atoms with Crippen molar-refractivity contribution in [2.24, 2.45) is 5.11 Å². The van der Waals surface area contributed by atoms with Crippen LogP contribution >= 0.6 is 0 Å². The molecule has 0 saturated carbocycles. The fraction of sp³-hybridized carbons (Fsp3) is 0.870. The number of hydrogen-bond acceptors (Lipinski definition) is 37. The second-order valence-corrected chi connectivity index (χ2v) is 28.2. The molecule has 6 bridgehead atoms. The Morgan fingerprint density at radius 1 is 0.526 bits per heavy atom. The average Bonchev–Trinajstić information content (AvgIpc) is 1.62. The van der Waals surface area contributed by atoms with Crippen LogP contribution in [0.25, 0.3) is 10.4 Å². The van der Waals surface area contributed by atoms with Crippen molar-refractivity contribution in [1.29, 1.82) is 0 Å². The Bertz CT molecular complexity index is 3170. The predicted octanol–water partition coefficient (Wildman–Crippen LogP) is -4.33. The molecule has 6 fully saturated rings. The summed E-state index contributed by atoms with van der Waals surface area (Å²) in [4.78, 5) is 39.9. The standard InChI is InChI=1S/C69H115N15O30/c1-48(69-47-109-56(112-69)33-54(87)61(69)91)108-32-31-102-26-25-99-20-17-96-14-11-84-36-53(77-81-84)39-107-42-66(74-55(88)7-5-4-6-8-71-78-70,40-105-37-51-34-82(79-75-51)9-12-94-15-18-97-21-23-100-27-29-103-43-67-45-110-64(113-67)57(72-49(2)85)59(89)62(67)92)41-106-38-52-35-83(80-76-52)10-13-95-16-19-98-22-24-101-28-30-104-44-68-46-111-65(114-68)58(73-50(3)86)60(90)63(68)93/h34-36,48,54,56-65,87,89-93H,4-33,37-47H2,1-3H3,(H,72,85)(H,73,86)(H,74,88)/t48-,54-,56+,57-,58-,59-,60-,61-,62-,63-,64+,65+,67+,68+,69-/m1/s1. The van der Waals surface area contributed by atoms with Crippen LogP contribution in [-0.4, -0.2) is 388 Å². The number of aliphatic hydroxyl groups is 6. The average molecular weight is 1630 g/mol. The molecule has 45 heteroatoms. The maximum atomic E-state index is 13.9. The lowest BCUT2D eigenvalue weighted by atomic mass is 9.86. The molecule has 0 radical (unpaired) electrons. The Morgan fingerprint density at radius 3 is 1.32 bits per heavy atom. The number of amides is 3. The van der Waals surface area contributed by atoms with Crippen molar-refractivity contribution in [3.8, 4) is 0 Å². The van der Waals surface area contributed by atoms with Crippen LogP contribution in [-0.2, 0) is 153 Å². The molecule has 3 amide bonds. The van der Waals surface area contributed by atoms with Gasteiger partial charge in [0.25, 0.3) is 0 Å². The van der Waals surface area contributed by atoms with Crippen LogP contribution in [0.3, 0.4) is 0 Å². The molecule has 9 heterocycles. The van der Waals surface area contributed by atoms with E-state index in [1.165, 1.54) is 13.8 Å². The first-order valence-electron chi connectivity index (χ1n) is 38.5. The molecule has 3 aromatic heterocycles. The monoisotopic (exact) mass is 1630 g/mol. The number of hydrogen-bond donors (Lipinski definition) is 9. The van der Waals surface area contributed by atoms with Crippen LogP contribution in [0.15, 0.2) is 23.7 Å². The number of aromatic nitrogens is 9. The van der Waals surface area contributed by atoms with Gasteiger partial charge in [0.05, 0.1) is 262 Å².